The molecule has 21 heavy (non-hydrogen) atoms. The summed E-state index contributed by atoms with van der Waals surface area (Å²) in [5.74, 6) is -1.19. The smallest absolute Gasteiger partial charge is 0.162 e. The van der Waals surface area contributed by atoms with Gasteiger partial charge in [0, 0.05) is 6.42 Å². The highest BCUT2D eigenvalue weighted by Gasteiger charge is 2.14. The molecule has 0 heterocycles. The zero-order valence-electron chi connectivity index (χ0n) is 12.3. The maximum atomic E-state index is 13.6. The molecule has 0 bridgehead atoms. The van der Waals surface area contributed by atoms with Gasteiger partial charge in [-0.15, -0.1) is 0 Å². The normalized spacial score (nSPS) is 12.7. The average molecular weight is 290 g/mol. The first-order valence-electron chi connectivity index (χ1n) is 7.17. The maximum Gasteiger partial charge on any atom is 0.162 e. The van der Waals surface area contributed by atoms with Crippen molar-refractivity contribution in [2.45, 2.75) is 32.8 Å². The highest BCUT2D eigenvalue weighted by molar-refractivity contribution is 5.27. The van der Waals surface area contributed by atoms with Crippen molar-refractivity contribution in [2.75, 3.05) is 0 Å². The third-order valence-electron chi connectivity index (χ3n) is 3.45. The van der Waals surface area contributed by atoms with E-state index in [1.807, 2.05) is 24.3 Å². The zero-order chi connectivity index (χ0) is 15.4. The Morgan fingerprint density at radius 1 is 0.952 bits per heavy atom. The first-order chi connectivity index (χ1) is 9.97. The Labute approximate surface area is 124 Å². The summed E-state index contributed by atoms with van der Waals surface area (Å²) in [6, 6.07) is 11.7. The summed E-state index contributed by atoms with van der Waals surface area (Å²) >= 11 is 0. The van der Waals surface area contributed by atoms with Crippen molar-refractivity contribution < 1.29 is 13.9 Å². The Hall–Kier alpha value is -1.74. The minimum Gasteiger partial charge on any atom is -0.388 e. The molecular formula is C18H20F2O. The van der Waals surface area contributed by atoms with Crippen LogP contribution in [-0.4, -0.2) is 5.11 Å². The highest BCUT2D eigenvalue weighted by atomic mass is 19.2. The van der Waals surface area contributed by atoms with E-state index in [-0.39, 0.29) is 12.0 Å². The number of halogens is 2. The van der Waals surface area contributed by atoms with Crippen LogP contribution in [0.25, 0.3) is 0 Å². The van der Waals surface area contributed by atoms with Crippen LogP contribution < -0.4 is 0 Å². The molecule has 0 amide bonds. The molecule has 3 heteroatoms. The Morgan fingerprint density at radius 2 is 1.62 bits per heavy atom. The van der Waals surface area contributed by atoms with Crippen LogP contribution in [0.3, 0.4) is 0 Å². The standard InChI is InChI=1S/C18H20F2O/c1-12(2)10-13-6-8-14(9-7-13)17(21)11-15-4-3-5-16(19)18(15)20/h3-9,12,17,21H,10-11H2,1-2H3. The maximum absolute atomic E-state index is 13.6. The quantitative estimate of drug-likeness (QED) is 0.863. The molecule has 2 rings (SSSR count). The van der Waals surface area contributed by atoms with Crippen molar-refractivity contribution in [2.24, 2.45) is 5.92 Å². The van der Waals surface area contributed by atoms with E-state index in [0.717, 1.165) is 12.5 Å². The second-order valence-corrected chi connectivity index (χ2v) is 5.77. The average Bonchev–Trinajstić information content (AvgIpc) is 2.44. The van der Waals surface area contributed by atoms with E-state index >= 15 is 0 Å². The van der Waals surface area contributed by atoms with Gasteiger partial charge in [0.15, 0.2) is 11.6 Å². The van der Waals surface area contributed by atoms with E-state index in [0.29, 0.717) is 11.5 Å². The number of aliphatic hydroxyl groups excluding tert-OH is 1. The summed E-state index contributed by atoms with van der Waals surface area (Å²) in [5.41, 5.74) is 2.11. The van der Waals surface area contributed by atoms with Gasteiger partial charge < -0.3 is 5.11 Å². The molecule has 0 saturated heterocycles. The molecule has 1 nitrogen and oxygen atoms in total. The molecule has 0 aliphatic rings. The molecular weight excluding hydrogens is 270 g/mol. The van der Waals surface area contributed by atoms with Gasteiger partial charge in [-0.2, -0.15) is 0 Å². The van der Waals surface area contributed by atoms with Crippen LogP contribution in [0.2, 0.25) is 0 Å². The second kappa shape index (κ2) is 6.81. The van der Waals surface area contributed by atoms with Crippen LogP contribution in [0.5, 0.6) is 0 Å². The van der Waals surface area contributed by atoms with Crippen LogP contribution in [0.4, 0.5) is 8.78 Å². The van der Waals surface area contributed by atoms with Gasteiger partial charge in [0.05, 0.1) is 6.10 Å². The van der Waals surface area contributed by atoms with Gasteiger partial charge in [0.2, 0.25) is 0 Å². The van der Waals surface area contributed by atoms with Crippen molar-refractivity contribution in [3.63, 3.8) is 0 Å². The summed E-state index contributed by atoms with van der Waals surface area (Å²) < 4.78 is 26.7. The lowest BCUT2D eigenvalue weighted by atomic mass is 9.97. The fraction of sp³-hybridized carbons (Fsp3) is 0.333. The topological polar surface area (TPSA) is 20.2 Å². The molecule has 0 aromatic heterocycles. The summed E-state index contributed by atoms with van der Waals surface area (Å²) in [6.45, 7) is 4.30. The van der Waals surface area contributed by atoms with Crippen LogP contribution in [-0.2, 0) is 12.8 Å². The first-order valence-corrected chi connectivity index (χ1v) is 7.17. The van der Waals surface area contributed by atoms with Crippen molar-refractivity contribution in [1.82, 2.24) is 0 Å². The lowest BCUT2D eigenvalue weighted by molar-refractivity contribution is 0.177. The van der Waals surface area contributed by atoms with Crippen LogP contribution in [0.15, 0.2) is 42.5 Å². The van der Waals surface area contributed by atoms with E-state index in [4.69, 9.17) is 0 Å². The van der Waals surface area contributed by atoms with Gasteiger partial charge in [-0.05, 0) is 35.1 Å². The van der Waals surface area contributed by atoms with Crippen LogP contribution in [0, 0.1) is 17.6 Å². The Morgan fingerprint density at radius 3 is 2.24 bits per heavy atom. The minimum atomic E-state index is -0.882. The molecule has 0 aliphatic heterocycles. The van der Waals surface area contributed by atoms with Crippen molar-refractivity contribution in [3.05, 3.63) is 70.8 Å². The monoisotopic (exact) mass is 290 g/mol. The van der Waals surface area contributed by atoms with Gasteiger partial charge in [-0.25, -0.2) is 8.78 Å². The lowest BCUT2D eigenvalue weighted by Crippen LogP contribution is -2.05. The Balaban J connectivity index is 2.09. The third-order valence-corrected chi connectivity index (χ3v) is 3.45. The number of benzene rings is 2. The predicted octanol–water partition coefficient (Wildman–Crippen LogP) is 4.44. The summed E-state index contributed by atoms with van der Waals surface area (Å²) in [4.78, 5) is 0. The Kier molecular flexibility index (Phi) is 5.07. The van der Waals surface area contributed by atoms with Crippen LogP contribution in [0.1, 0.15) is 36.6 Å². The lowest BCUT2D eigenvalue weighted by Gasteiger charge is -2.13. The van der Waals surface area contributed by atoms with Gasteiger partial charge in [-0.1, -0.05) is 50.2 Å². The van der Waals surface area contributed by atoms with E-state index in [9.17, 15) is 13.9 Å². The van der Waals surface area contributed by atoms with Gasteiger partial charge in [0.25, 0.3) is 0 Å². The van der Waals surface area contributed by atoms with E-state index in [1.165, 1.54) is 17.7 Å². The summed E-state index contributed by atoms with van der Waals surface area (Å²) in [7, 11) is 0. The fourth-order valence-corrected chi connectivity index (χ4v) is 2.38. The predicted molar refractivity (Wildman–Crippen MR) is 80.0 cm³/mol. The first kappa shape index (κ1) is 15.6. The molecule has 0 saturated carbocycles. The van der Waals surface area contributed by atoms with E-state index in [1.54, 1.807) is 0 Å². The molecule has 112 valence electrons. The number of hydrogen-bond donors (Lipinski definition) is 1. The van der Waals surface area contributed by atoms with Gasteiger partial charge in [-0.3, -0.25) is 0 Å². The van der Waals surface area contributed by atoms with Crippen molar-refractivity contribution in [3.8, 4) is 0 Å². The molecule has 1 unspecified atom stereocenters. The van der Waals surface area contributed by atoms with E-state index in [2.05, 4.69) is 13.8 Å². The van der Waals surface area contributed by atoms with Crippen LogP contribution >= 0.6 is 0 Å². The molecule has 0 radical (unpaired) electrons. The molecule has 1 N–H and O–H groups in total. The molecule has 0 fully saturated rings. The molecule has 0 aliphatic carbocycles. The van der Waals surface area contributed by atoms with E-state index < -0.39 is 17.7 Å². The Bertz CT molecular complexity index is 591. The van der Waals surface area contributed by atoms with Crippen molar-refractivity contribution in [1.29, 1.82) is 0 Å². The van der Waals surface area contributed by atoms with Crippen molar-refractivity contribution >= 4 is 0 Å². The molecule has 0 spiro atoms. The van der Waals surface area contributed by atoms with Gasteiger partial charge in [0.1, 0.15) is 0 Å². The third kappa shape index (κ3) is 4.11. The zero-order valence-corrected chi connectivity index (χ0v) is 12.3. The SMILES string of the molecule is CC(C)Cc1ccc(C(O)Cc2cccc(F)c2F)cc1. The van der Waals surface area contributed by atoms with Gasteiger partial charge >= 0.3 is 0 Å². The minimum absolute atomic E-state index is 0.0626. The largest absolute Gasteiger partial charge is 0.388 e. The number of aliphatic hydroxyl groups is 1. The number of hydrogen-bond acceptors (Lipinski definition) is 1. The number of rotatable bonds is 5. The molecule has 1 atom stereocenters. The summed E-state index contributed by atoms with van der Waals surface area (Å²) in [5, 5.41) is 10.2. The molecule has 2 aromatic carbocycles. The second-order valence-electron chi connectivity index (χ2n) is 5.77. The highest BCUT2D eigenvalue weighted by Crippen LogP contribution is 2.22. The molecule has 2 aromatic rings. The fourth-order valence-electron chi connectivity index (χ4n) is 2.38. The summed E-state index contributed by atoms with van der Waals surface area (Å²) in [6.07, 6.45) is 0.205.